The summed E-state index contributed by atoms with van der Waals surface area (Å²) in [6, 6.07) is 0. The van der Waals surface area contributed by atoms with Gasteiger partial charge >= 0.3 is 0 Å². The first-order valence-corrected chi connectivity index (χ1v) is 3.43. The van der Waals surface area contributed by atoms with Crippen LogP contribution in [0.2, 0.25) is 0 Å². The molecule has 0 amide bonds. The Morgan fingerprint density at radius 2 is 1.91 bits per heavy atom. The lowest BCUT2D eigenvalue weighted by atomic mass is 10.00. The van der Waals surface area contributed by atoms with E-state index in [1.807, 2.05) is 0 Å². The van der Waals surface area contributed by atoms with Gasteiger partial charge in [0.05, 0.1) is 0 Å². The third-order valence-corrected chi connectivity index (χ3v) is 1.42. The Labute approximate surface area is 66.6 Å². The zero-order valence-corrected chi connectivity index (χ0v) is 6.67. The van der Waals surface area contributed by atoms with Crippen molar-refractivity contribution in [2.45, 2.75) is 13.3 Å². The third-order valence-electron chi connectivity index (χ3n) is 1.42. The molecule has 11 heavy (non-hydrogen) atoms. The van der Waals surface area contributed by atoms with Crippen LogP contribution in [0.15, 0.2) is 25.3 Å². The first-order chi connectivity index (χ1) is 5.11. The topological polar surface area (TPSA) is 34.1 Å². The van der Waals surface area contributed by atoms with Crippen molar-refractivity contribution >= 4 is 11.6 Å². The number of hydrogen-bond acceptors (Lipinski definition) is 2. The van der Waals surface area contributed by atoms with Crippen molar-refractivity contribution in [2.24, 2.45) is 5.92 Å². The van der Waals surface area contributed by atoms with Crippen LogP contribution < -0.4 is 0 Å². The maximum atomic E-state index is 10.9. The van der Waals surface area contributed by atoms with E-state index in [9.17, 15) is 9.59 Å². The number of carbonyl (C=O) groups is 2. The van der Waals surface area contributed by atoms with Crippen LogP contribution in [0.3, 0.4) is 0 Å². The molecule has 0 saturated carbocycles. The summed E-state index contributed by atoms with van der Waals surface area (Å²) in [5.41, 5.74) is 0. The maximum absolute atomic E-state index is 10.9. The monoisotopic (exact) mass is 152 g/mol. The molecule has 0 heterocycles. The number of carbonyl (C=O) groups excluding carboxylic acids is 2. The molecule has 0 saturated heterocycles. The molecule has 0 rings (SSSR count). The highest BCUT2D eigenvalue weighted by atomic mass is 16.1. The number of ketones is 2. The van der Waals surface area contributed by atoms with Gasteiger partial charge in [0.2, 0.25) is 0 Å². The third kappa shape index (κ3) is 3.50. The largest absolute Gasteiger partial charge is 0.295 e. The molecule has 0 aromatic rings. The fraction of sp³-hybridized carbons (Fsp3) is 0.333. The summed E-state index contributed by atoms with van der Waals surface area (Å²) in [5.74, 6) is -0.467. The van der Waals surface area contributed by atoms with Gasteiger partial charge in [-0.3, -0.25) is 9.59 Å². The molecule has 0 fully saturated rings. The fourth-order valence-corrected chi connectivity index (χ4v) is 0.687. The first kappa shape index (κ1) is 9.82. The maximum Gasteiger partial charge on any atom is 0.158 e. The second-order valence-electron chi connectivity index (χ2n) is 2.38. The van der Waals surface area contributed by atoms with Crippen LogP contribution in [0, 0.1) is 5.92 Å². The molecular weight excluding hydrogens is 140 g/mol. The zero-order valence-electron chi connectivity index (χ0n) is 6.67. The average Bonchev–Trinajstić information content (AvgIpc) is 2.02. The molecule has 0 bridgehead atoms. The Morgan fingerprint density at radius 1 is 1.36 bits per heavy atom. The van der Waals surface area contributed by atoms with Gasteiger partial charge in [-0.2, -0.15) is 0 Å². The second-order valence-corrected chi connectivity index (χ2v) is 2.38. The lowest BCUT2D eigenvalue weighted by Crippen LogP contribution is -2.11. The Hall–Kier alpha value is -1.18. The van der Waals surface area contributed by atoms with Crippen LogP contribution >= 0.6 is 0 Å². The van der Waals surface area contributed by atoms with E-state index in [4.69, 9.17) is 0 Å². The van der Waals surface area contributed by atoms with Crippen LogP contribution in [-0.4, -0.2) is 11.6 Å². The van der Waals surface area contributed by atoms with E-state index in [-0.39, 0.29) is 23.9 Å². The van der Waals surface area contributed by atoms with Gasteiger partial charge in [-0.25, -0.2) is 0 Å². The first-order valence-electron chi connectivity index (χ1n) is 3.43. The summed E-state index contributed by atoms with van der Waals surface area (Å²) in [5, 5.41) is 0. The van der Waals surface area contributed by atoms with Gasteiger partial charge in [-0.05, 0) is 12.2 Å². The smallest absolute Gasteiger partial charge is 0.158 e. The molecule has 0 aliphatic rings. The van der Waals surface area contributed by atoms with E-state index in [2.05, 4.69) is 13.2 Å². The summed E-state index contributed by atoms with van der Waals surface area (Å²) in [6.45, 7) is 8.34. The molecule has 0 spiro atoms. The SMILES string of the molecule is C=CC(=O)CC(C)C(=O)C=C. The van der Waals surface area contributed by atoms with Crippen LogP contribution in [0.1, 0.15) is 13.3 Å². The van der Waals surface area contributed by atoms with Crippen LogP contribution in [-0.2, 0) is 9.59 Å². The standard InChI is InChI=1S/C9H12O2/c1-4-8(10)6-7(3)9(11)5-2/h4-5,7H,1-2,6H2,3H3. The van der Waals surface area contributed by atoms with Crippen molar-refractivity contribution in [3.63, 3.8) is 0 Å². The summed E-state index contributed by atoms with van der Waals surface area (Å²) in [7, 11) is 0. The molecule has 0 radical (unpaired) electrons. The Kier molecular flexibility index (Phi) is 4.11. The highest BCUT2D eigenvalue weighted by Gasteiger charge is 2.11. The highest BCUT2D eigenvalue weighted by molar-refractivity contribution is 5.97. The molecule has 1 atom stereocenters. The minimum absolute atomic E-state index is 0.0970. The van der Waals surface area contributed by atoms with Crippen molar-refractivity contribution in [2.75, 3.05) is 0 Å². The molecule has 0 aromatic carbocycles. The van der Waals surface area contributed by atoms with Crippen molar-refractivity contribution < 1.29 is 9.59 Å². The molecule has 0 aliphatic carbocycles. The summed E-state index contributed by atoms with van der Waals surface area (Å²) in [4.78, 5) is 21.6. The van der Waals surface area contributed by atoms with Crippen molar-refractivity contribution in [1.29, 1.82) is 0 Å². The molecule has 60 valence electrons. The summed E-state index contributed by atoms with van der Waals surface area (Å²) >= 11 is 0. The molecule has 2 nitrogen and oxygen atoms in total. The van der Waals surface area contributed by atoms with Crippen molar-refractivity contribution in [3.05, 3.63) is 25.3 Å². The molecule has 2 heteroatoms. The molecule has 0 N–H and O–H groups in total. The average molecular weight is 152 g/mol. The number of allylic oxidation sites excluding steroid dienone is 2. The number of rotatable bonds is 5. The second kappa shape index (κ2) is 4.61. The van der Waals surface area contributed by atoms with E-state index in [1.165, 1.54) is 12.2 Å². The summed E-state index contributed by atoms with van der Waals surface area (Å²) in [6.07, 6.45) is 2.70. The lowest BCUT2D eigenvalue weighted by Gasteiger charge is -2.02. The number of hydrogen-bond donors (Lipinski definition) is 0. The van der Waals surface area contributed by atoms with Crippen molar-refractivity contribution in [3.8, 4) is 0 Å². The zero-order chi connectivity index (χ0) is 8.85. The van der Waals surface area contributed by atoms with E-state index in [0.717, 1.165) is 0 Å². The van der Waals surface area contributed by atoms with Crippen LogP contribution in [0.25, 0.3) is 0 Å². The Balaban J connectivity index is 3.95. The minimum atomic E-state index is -0.266. The van der Waals surface area contributed by atoms with E-state index < -0.39 is 0 Å². The Bertz CT molecular complexity index is 192. The van der Waals surface area contributed by atoms with Gasteiger partial charge in [-0.15, -0.1) is 0 Å². The molecule has 0 aromatic heterocycles. The van der Waals surface area contributed by atoms with E-state index in [1.54, 1.807) is 6.92 Å². The van der Waals surface area contributed by atoms with E-state index >= 15 is 0 Å². The lowest BCUT2D eigenvalue weighted by molar-refractivity contribution is -0.122. The minimum Gasteiger partial charge on any atom is -0.295 e. The molecular formula is C9H12O2. The highest BCUT2D eigenvalue weighted by Crippen LogP contribution is 2.04. The quantitative estimate of drug-likeness (QED) is 0.560. The van der Waals surface area contributed by atoms with E-state index in [0.29, 0.717) is 0 Å². The van der Waals surface area contributed by atoms with Gasteiger partial charge in [0.15, 0.2) is 11.6 Å². The van der Waals surface area contributed by atoms with Gasteiger partial charge in [0.25, 0.3) is 0 Å². The van der Waals surface area contributed by atoms with Gasteiger partial charge < -0.3 is 0 Å². The normalized spacial score (nSPS) is 11.7. The van der Waals surface area contributed by atoms with Gasteiger partial charge in [-0.1, -0.05) is 20.1 Å². The Morgan fingerprint density at radius 3 is 2.27 bits per heavy atom. The predicted molar refractivity (Wildman–Crippen MR) is 44.2 cm³/mol. The van der Waals surface area contributed by atoms with Gasteiger partial charge in [0, 0.05) is 12.3 Å². The predicted octanol–water partition coefficient (Wildman–Crippen LogP) is 1.52. The molecule has 1 unspecified atom stereocenters. The van der Waals surface area contributed by atoms with Crippen molar-refractivity contribution in [1.82, 2.24) is 0 Å². The fourth-order valence-electron chi connectivity index (χ4n) is 0.687. The molecule has 0 aliphatic heterocycles. The summed E-state index contributed by atoms with van der Waals surface area (Å²) < 4.78 is 0. The van der Waals surface area contributed by atoms with Crippen LogP contribution in [0.5, 0.6) is 0 Å². The van der Waals surface area contributed by atoms with Gasteiger partial charge in [0.1, 0.15) is 0 Å². The van der Waals surface area contributed by atoms with Crippen LogP contribution in [0.4, 0.5) is 0 Å².